The molecule has 34 heavy (non-hydrogen) atoms. The predicted octanol–water partition coefficient (Wildman–Crippen LogP) is 4.77. The van der Waals surface area contributed by atoms with Gasteiger partial charge in [-0.05, 0) is 63.8 Å². The summed E-state index contributed by atoms with van der Waals surface area (Å²) in [5, 5.41) is 11.1. The highest BCUT2D eigenvalue weighted by Gasteiger charge is 2.46. The minimum absolute atomic E-state index is 0.100. The van der Waals surface area contributed by atoms with Crippen LogP contribution in [0.5, 0.6) is 5.75 Å². The molecule has 2 aromatic rings. The first-order valence-corrected chi connectivity index (χ1v) is 11.8. The van der Waals surface area contributed by atoms with Crippen molar-refractivity contribution in [2.75, 3.05) is 33.8 Å². The summed E-state index contributed by atoms with van der Waals surface area (Å²) in [6, 6.07) is 11.8. The second kappa shape index (κ2) is 11.8. The average Bonchev–Trinajstić information content (AvgIpc) is 3.07. The number of halogens is 1. The van der Waals surface area contributed by atoms with Gasteiger partial charge in [0.15, 0.2) is 0 Å². The van der Waals surface area contributed by atoms with Crippen molar-refractivity contribution in [3.8, 4) is 5.75 Å². The minimum atomic E-state index is -0.992. The average molecular weight is 469 g/mol. The van der Waals surface area contributed by atoms with E-state index in [2.05, 4.69) is 6.92 Å². The molecule has 1 amide bonds. The summed E-state index contributed by atoms with van der Waals surface area (Å²) in [6.07, 6.45) is 3.75. The van der Waals surface area contributed by atoms with Crippen LogP contribution in [0, 0.1) is 5.82 Å². The molecule has 182 valence electrons. The van der Waals surface area contributed by atoms with Crippen LogP contribution in [0.2, 0.25) is 0 Å². The number of nitrogens with zero attached hydrogens (tertiary/aromatic N) is 2. The van der Waals surface area contributed by atoms with E-state index in [1.807, 2.05) is 19.0 Å². The zero-order valence-corrected chi connectivity index (χ0v) is 20.1. The van der Waals surface area contributed by atoms with Crippen molar-refractivity contribution in [3.63, 3.8) is 0 Å². The van der Waals surface area contributed by atoms with Gasteiger partial charge in [-0.3, -0.25) is 9.59 Å². The Labute approximate surface area is 200 Å². The first kappa shape index (κ1) is 25.4. The first-order chi connectivity index (χ1) is 16.3. The number of amides is 1. The Morgan fingerprint density at radius 2 is 1.76 bits per heavy atom. The van der Waals surface area contributed by atoms with Crippen LogP contribution < -0.4 is 4.74 Å². The quantitative estimate of drug-likeness (QED) is 0.223. The zero-order valence-electron chi connectivity index (χ0n) is 20.1. The van der Waals surface area contributed by atoms with E-state index in [0.717, 1.165) is 19.3 Å². The van der Waals surface area contributed by atoms with Crippen molar-refractivity contribution in [2.45, 2.75) is 38.6 Å². The fraction of sp³-hybridized carbons (Fsp3) is 0.407. The van der Waals surface area contributed by atoms with E-state index in [1.54, 1.807) is 42.5 Å². The van der Waals surface area contributed by atoms with Crippen LogP contribution in [-0.2, 0) is 9.59 Å². The maximum Gasteiger partial charge on any atom is 0.295 e. The number of carbonyl (C=O) groups excluding carboxylic acids is 2. The monoisotopic (exact) mass is 468 g/mol. The third-order valence-corrected chi connectivity index (χ3v) is 5.89. The molecule has 6 nitrogen and oxygen atoms in total. The highest BCUT2D eigenvalue weighted by atomic mass is 19.1. The van der Waals surface area contributed by atoms with E-state index in [9.17, 15) is 19.1 Å². The number of rotatable bonds is 11. The number of aliphatic hydroxyl groups excluding tert-OH is 1. The number of Topliss-reactive ketones (excluding diaryl/α,β-unsaturated/α-hetero) is 1. The number of aliphatic hydroxyl groups is 1. The van der Waals surface area contributed by atoms with Crippen molar-refractivity contribution in [3.05, 3.63) is 71.0 Å². The van der Waals surface area contributed by atoms with Gasteiger partial charge in [0.25, 0.3) is 11.7 Å². The second-order valence-corrected chi connectivity index (χ2v) is 8.75. The van der Waals surface area contributed by atoms with Crippen LogP contribution in [0.25, 0.3) is 5.76 Å². The fourth-order valence-electron chi connectivity index (χ4n) is 4.09. The lowest BCUT2D eigenvalue weighted by molar-refractivity contribution is -0.140. The molecule has 0 spiro atoms. The first-order valence-electron chi connectivity index (χ1n) is 11.8. The Morgan fingerprint density at radius 1 is 1.06 bits per heavy atom. The molecule has 0 aromatic heterocycles. The summed E-state index contributed by atoms with van der Waals surface area (Å²) in [5.41, 5.74) is 0.453. The lowest BCUT2D eigenvalue weighted by atomic mass is 9.95. The Kier molecular flexibility index (Phi) is 8.82. The smallest absolute Gasteiger partial charge is 0.295 e. The third-order valence-electron chi connectivity index (χ3n) is 5.89. The Hall–Kier alpha value is -3.19. The molecule has 1 N–H and O–H groups in total. The van der Waals surface area contributed by atoms with Gasteiger partial charge in [-0.15, -0.1) is 0 Å². The van der Waals surface area contributed by atoms with E-state index in [4.69, 9.17) is 4.74 Å². The van der Waals surface area contributed by atoms with Gasteiger partial charge in [0, 0.05) is 17.7 Å². The molecule has 7 heteroatoms. The van der Waals surface area contributed by atoms with Gasteiger partial charge in [0.1, 0.15) is 17.3 Å². The third kappa shape index (κ3) is 5.83. The molecule has 1 unspecified atom stereocenters. The van der Waals surface area contributed by atoms with Crippen molar-refractivity contribution in [1.29, 1.82) is 0 Å². The maximum atomic E-state index is 14.8. The molecule has 2 aromatic carbocycles. The van der Waals surface area contributed by atoms with Crippen LogP contribution >= 0.6 is 0 Å². The molecule has 1 aliphatic rings. The van der Waals surface area contributed by atoms with E-state index in [1.165, 1.54) is 11.0 Å². The summed E-state index contributed by atoms with van der Waals surface area (Å²) < 4.78 is 20.5. The highest BCUT2D eigenvalue weighted by Crippen LogP contribution is 2.40. The molecule has 1 heterocycles. The summed E-state index contributed by atoms with van der Waals surface area (Å²) in [6.45, 7) is 3.69. The van der Waals surface area contributed by atoms with E-state index in [0.29, 0.717) is 30.9 Å². The molecule has 0 bridgehead atoms. The van der Waals surface area contributed by atoms with Gasteiger partial charge in [-0.25, -0.2) is 4.39 Å². The molecule has 3 rings (SSSR count). The van der Waals surface area contributed by atoms with Crippen LogP contribution in [0.4, 0.5) is 4.39 Å². The lowest BCUT2D eigenvalue weighted by Gasteiger charge is -2.26. The molecular formula is C27H33FN2O4. The highest BCUT2D eigenvalue weighted by molar-refractivity contribution is 6.46. The molecule has 0 aliphatic carbocycles. The topological polar surface area (TPSA) is 70.1 Å². The number of unbranched alkanes of at least 4 members (excludes halogenated alkanes) is 2. The molecule has 1 saturated heterocycles. The van der Waals surface area contributed by atoms with Crippen molar-refractivity contribution in [1.82, 2.24) is 9.80 Å². The van der Waals surface area contributed by atoms with Gasteiger partial charge in [0.05, 0.1) is 18.2 Å². The minimum Gasteiger partial charge on any atom is -0.507 e. The van der Waals surface area contributed by atoms with Crippen LogP contribution in [-0.4, -0.2) is 60.4 Å². The number of hydrogen-bond acceptors (Lipinski definition) is 5. The van der Waals surface area contributed by atoms with Gasteiger partial charge in [0.2, 0.25) is 0 Å². The molecule has 1 fully saturated rings. The summed E-state index contributed by atoms with van der Waals surface area (Å²) in [7, 11) is 3.83. The predicted molar refractivity (Wildman–Crippen MR) is 130 cm³/mol. The van der Waals surface area contributed by atoms with Crippen molar-refractivity contribution < 1.29 is 23.8 Å². The van der Waals surface area contributed by atoms with Crippen LogP contribution in [0.15, 0.2) is 54.1 Å². The van der Waals surface area contributed by atoms with Crippen molar-refractivity contribution >= 4 is 17.4 Å². The fourth-order valence-corrected chi connectivity index (χ4v) is 4.09. The number of carbonyl (C=O) groups is 2. The number of hydrogen-bond donors (Lipinski definition) is 1. The van der Waals surface area contributed by atoms with E-state index < -0.39 is 23.5 Å². The van der Waals surface area contributed by atoms with Gasteiger partial charge in [-0.2, -0.15) is 0 Å². The number of ether oxygens (including phenoxy) is 1. The van der Waals surface area contributed by atoms with Gasteiger partial charge >= 0.3 is 0 Å². The molecule has 0 saturated carbocycles. The molecular weight excluding hydrogens is 435 g/mol. The maximum absolute atomic E-state index is 14.8. The number of ketones is 1. The molecule has 1 atom stereocenters. The summed E-state index contributed by atoms with van der Waals surface area (Å²) in [5.74, 6) is -1.74. The SMILES string of the molecule is CCCCCOc1ccc(/C(O)=C2/C(=O)C(=O)N(CCCN(C)C)C2c2ccccc2F)cc1. The number of likely N-dealkylation sites (tertiary alicyclic amines) is 1. The van der Waals surface area contributed by atoms with Gasteiger partial charge < -0.3 is 19.6 Å². The Balaban J connectivity index is 1.95. The standard InChI is InChI=1S/C27H33FN2O4/c1-4-5-8-18-34-20-14-12-19(13-15-20)25(31)23-24(21-10-6-7-11-22(21)28)30(27(33)26(23)32)17-9-16-29(2)3/h6-7,10-15,24,31H,4-5,8-9,16-18H2,1-3H3/b25-23-. The summed E-state index contributed by atoms with van der Waals surface area (Å²) in [4.78, 5) is 29.3. The Bertz CT molecular complexity index is 1030. The summed E-state index contributed by atoms with van der Waals surface area (Å²) >= 11 is 0. The normalized spacial score (nSPS) is 17.6. The zero-order chi connectivity index (χ0) is 24.7. The van der Waals surface area contributed by atoms with E-state index in [-0.39, 0.29) is 23.4 Å². The lowest BCUT2D eigenvalue weighted by Crippen LogP contribution is -2.32. The number of benzene rings is 2. The van der Waals surface area contributed by atoms with Gasteiger partial charge in [-0.1, -0.05) is 38.0 Å². The van der Waals surface area contributed by atoms with Crippen molar-refractivity contribution in [2.24, 2.45) is 0 Å². The van der Waals surface area contributed by atoms with E-state index >= 15 is 0 Å². The molecule has 0 radical (unpaired) electrons. The molecule has 1 aliphatic heterocycles. The van der Waals surface area contributed by atoms with Crippen LogP contribution in [0.1, 0.15) is 49.8 Å². The largest absolute Gasteiger partial charge is 0.507 e. The van der Waals surface area contributed by atoms with Crippen LogP contribution in [0.3, 0.4) is 0 Å². The Morgan fingerprint density at radius 3 is 2.41 bits per heavy atom. The second-order valence-electron chi connectivity index (χ2n) is 8.75.